The van der Waals surface area contributed by atoms with Gasteiger partial charge in [-0.3, -0.25) is 14.4 Å². The van der Waals surface area contributed by atoms with E-state index in [1.807, 2.05) is 0 Å². The molecular weight excluding hydrogens is 841 g/mol. The fourth-order valence-electron chi connectivity index (χ4n) is 9.60. The van der Waals surface area contributed by atoms with E-state index in [0.717, 1.165) is 63.7 Å². The second kappa shape index (κ2) is 56.3. The van der Waals surface area contributed by atoms with Crippen molar-refractivity contribution in [3.63, 3.8) is 0 Å². The van der Waals surface area contributed by atoms with Crippen LogP contribution in [0.15, 0.2) is 0 Å². The number of ether oxygens (including phenoxy) is 3. The normalized spacial score (nSPS) is 12.4. The summed E-state index contributed by atoms with van der Waals surface area (Å²) in [6.45, 7) is 9.10. The first-order chi connectivity index (χ1) is 33.4. The lowest BCUT2D eigenvalue weighted by atomic mass is 9.99. The first kappa shape index (κ1) is 66.4. The van der Waals surface area contributed by atoms with Crippen LogP contribution in [0.5, 0.6) is 0 Å². The van der Waals surface area contributed by atoms with Gasteiger partial charge in [-0.1, -0.05) is 317 Å². The van der Waals surface area contributed by atoms with E-state index in [9.17, 15) is 14.4 Å². The van der Waals surface area contributed by atoms with Crippen molar-refractivity contribution in [1.82, 2.24) is 0 Å². The summed E-state index contributed by atoms with van der Waals surface area (Å²) >= 11 is 0. The van der Waals surface area contributed by atoms with Crippen LogP contribution in [0.4, 0.5) is 0 Å². The molecule has 0 aromatic heterocycles. The van der Waals surface area contributed by atoms with Gasteiger partial charge in [0.1, 0.15) is 13.2 Å². The lowest BCUT2D eigenvalue weighted by Gasteiger charge is -2.18. The average molecular weight is 962 g/mol. The van der Waals surface area contributed by atoms with Crippen LogP contribution >= 0.6 is 0 Å². The highest BCUT2D eigenvalue weighted by atomic mass is 16.6. The van der Waals surface area contributed by atoms with E-state index in [4.69, 9.17) is 14.2 Å². The molecule has 0 aliphatic heterocycles. The maximum Gasteiger partial charge on any atom is 0.306 e. The van der Waals surface area contributed by atoms with Gasteiger partial charge in [-0.25, -0.2) is 0 Å². The number of carbonyl (C=O) groups is 3. The Bertz CT molecular complexity index is 1030. The van der Waals surface area contributed by atoms with Gasteiger partial charge < -0.3 is 14.2 Å². The highest BCUT2D eigenvalue weighted by Gasteiger charge is 2.19. The number of carbonyl (C=O) groups excluding carboxylic acids is 3. The van der Waals surface area contributed by atoms with Crippen molar-refractivity contribution < 1.29 is 28.6 Å². The van der Waals surface area contributed by atoms with Crippen LogP contribution in [0.2, 0.25) is 0 Å². The summed E-state index contributed by atoms with van der Waals surface area (Å²) in [7, 11) is 0. The Kier molecular flexibility index (Phi) is 55.0. The zero-order valence-corrected chi connectivity index (χ0v) is 46.6. The van der Waals surface area contributed by atoms with Gasteiger partial charge in [0, 0.05) is 19.3 Å². The Morgan fingerprint density at radius 2 is 0.515 bits per heavy atom. The largest absolute Gasteiger partial charge is 0.462 e. The van der Waals surface area contributed by atoms with Crippen molar-refractivity contribution >= 4 is 17.9 Å². The molecule has 0 spiro atoms. The third kappa shape index (κ3) is 53.8. The van der Waals surface area contributed by atoms with Crippen LogP contribution in [0.25, 0.3) is 0 Å². The van der Waals surface area contributed by atoms with Crippen molar-refractivity contribution in [3.05, 3.63) is 0 Å². The molecule has 0 saturated heterocycles. The van der Waals surface area contributed by atoms with E-state index in [0.29, 0.717) is 19.3 Å². The maximum absolute atomic E-state index is 12.9. The Hall–Kier alpha value is -1.59. The molecule has 0 aromatic rings. The van der Waals surface area contributed by atoms with Gasteiger partial charge >= 0.3 is 17.9 Å². The monoisotopic (exact) mass is 961 g/mol. The standard InChI is InChI=1S/C62H120O6/c1-5-8-10-12-14-16-18-20-22-24-26-28-30-32-37-41-45-49-53-60(63)66-56-59(57-67-61(64)54-50-46-42-38-35-34-36-40-44-48-52-58(4)7-3)68-62(65)55-51-47-43-39-33-31-29-27-25-23-21-19-17-15-13-11-9-6-2/h58-59H,5-57H2,1-4H3/t58?,59-/m0/s1. The van der Waals surface area contributed by atoms with E-state index >= 15 is 0 Å². The number of hydrogen-bond donors (Lipinski definition) is 0. The zero-order valence-electron chi connectivity index (χ0n) is 46.6. The van der Waals surface area contributed by atoms with Crippen LogP contribution < -0.4 is 0 Å². The van der Waals surface area contributed by atoms with Crippen molar-refractivity contribution in [2.75, 3.05) is 13.2 Å². The molecule has 6 nitrogen and oxygen atoms in total. The van der Waals surface area contributed by atoms with E-state index < -0.39 is 6.10 Å². The quantitative estimate of drug-likeness (QED) is 0.0343. The number of hydrogen-bond acceptors (Lipinski definition) is 6. The summed E-state index contributed by atoms with van der Waals surface area (Å²) in [5.41, 5.74) is 0. The molecule has 0 fully saturated rings. The molecule has 0 rings (SSSR count). The first-order valence-corrected chi connectivity index (χ1v) is 30.9. The second-order valence-electron chi connectivity index (χ2n) is 21.6. The van der Waals surface area contributed by atoms with Gasteiger partial charge in [-0.2, -0.15) is 0 Å². The highest BCUT2D eigenvalue weighted by Crippen LogP contribution is 2.19. The van der Waals surface area contributed by atoms with Gasteiger partial charge in [0.2, 0.25) is 0 Å². The Morgan fingerprint density at radius 1 is 0.294 bits per heavy atom. The summed E-state index contributed by atoms with van der Waals surface area (Å²) in [4.78, 5) is 38.2. The molecule has 0 N–H and O–H groups in total. The summed E-state index contributed by atoms with van der Waals surface area (Å²) in [6.07, 6.45) is 62.4. The third-order valence-electron chi connectivity index (χ3n) is 14.7. The smallest absolute Gasteiger partial charge is 0.306 e. The minimum absolute atomic E-state index is 0.0616. The second-order valence-corrected chi connectivity index (χ2v) is 21.6. The molecule has 2 atom stereocenters. The molecule has 6 heteroatoms. The minimum Gasteiger partial charge on any atom is -0.462 e. The third-order valence-corrected chi connectivity index (χ3v) is 14.7. The van der Waals surface area contributed by atoms with Crippen LogP contribution in [0.3, 0.4) is 0 Å². The molecule has 0 bridgehead atoms. The van der Waals surface area contributed by atoms with Gasteiger partial charge in [0.15, 0.2) is 6.10 Å². The predicted molar refractivity (Wildman–Crippen MR) is 293 cm³/mol. The lowest BCUT2D eigenvalue weighted by molar-refractivity contribution is -0.167. The van der Waals surface area contributed by atoms with Gasteiger partial charge in [-0.05, 0) is 25.2 Å². The Morgan fingerprint density at radius 3 is 0.765 bits per heavy atom. The molecule has 68 heavy (non-hydrogen) atoms. The maximum atomic E-state index is 12.9. The highest BCUT2D eigenvalue weighted by molar-refractivity contribution is 5.71. The number of unbranched alkanes of at least 4 members (excludes halogenated alkanes) is 43. The van der Waals surface area contributed by atoms with Crippen molar-refractivity contribution in [2.45, 2.75) is 361 Å². The van der Waals surface area contributed by atoms with Gasteiger partial charge in [0.05, 0.1) is 0 Å². The predicted octanol–water partition coefficient (Wildman–Crippen LogP) is 20.6. The minimum atomic E-state index is -0.763. The number of esters is 3. The topological polar surface area (TPSA) is 78.9 Å². The van der Waals surface area contributed by atoms with E-state index in [1.54, 1.807) is 0 Å². The summed E-state index contributed by atoms with van der Waals surface area (Å²) in [5.74, 6) is 0.0382. The lowest BCUT2D eigenvalue weighted by Crippen LogP contribution is -2.30. The summed E-state index contributed by atoms with van der Waals surface area (Å²) < 4.78 is 16.9. The number of rotatable bonds is 57. The SMILES string of the molecule is CCCCCCCCCCCCCCCCCCCCC(=O)OC[C@@H](COC(=O)CCCCCCCCCCCCC(C)CC)OC(=O)CCCCCCCCCCCCCCCCCCCC. The van der Waals surface area contributed by atoms with Gasteiger partial charge in [0.25, 0.3) is 0 Å². The van der Waals surface area contributed by atoms with Crippen molar-refractivity contribution in [3.8, 4) is 0 Å². The Labute approximate surface area is 425 Å². The average Bonchev–Trinajstić information content (AvgIpc) is 3.34. The fourth-order valence-corrected chi connectivity index (χ4v) is 9.60. The summed E-state index contributed by atoms with van der Waals surface area (Å²) in [5, 5.41) is 0. The first-order valence-electron chi connectivity index (χ1n) is 30.9. The molecule has 404 valence electrons. The van der Waals surface area contributed by atoms with Gasteiger partial charge in [-0.15, -0.1) is 0 Å². The molecule has 0 amide bonds. The molecule has 0 saturated carbocycles. The van der Waals surface area contributed by atoms with Crippen LogP contribution in [0.1, 0.15) is 355 Å². The van der Waals surface area contributed by atoms with E-state index in [1.165, 1.54) is 250 Å². The van der Waals surface area contributed by atoms with E-state index in [-0.39, 0.29) is 31.1 Å². The van der Waals surface area contributed by atoms with Crippen LogP contribution in [-0.2, 0) is 28.6 Å². The molecule has 0 aliphatic rings. The molecule has 0 heterocycles. The van der Waals surface area contributed by atoms with Crippen molar-refractivity contribution in [2.24, 2.45) is 5.92 Å². The van der Waals surface area contributed by atoms with Crippen LogP contribution in [-0.4, -0.2) is 37.2 Å². The summed E-state index contributed by atoms with van der Waals surface area (Å²) in [6, 6.07) is 0. The Balaban J connectivity index is 4.28. The molecule has 1 unspecified atom stereocenters. The molecule has 0 aromatic carbocycles. The zero-order chi connectivity index (χ0) is 49.5. The molecular formula is C62H120O6. The fraction of sp³-hybridized carbons (Fsp3) is 0.952. The van der Waals surface area contributed by atoms with E-state index in [2.05, 4.69) is 27.7 Å². The molecule has 0 radical (unpaired) electrons. The van der Waals surface area contributed by atoms with Crippen molar-refractivity contribution in [1.29, 1.82) is 0 Å². The van der Waals surface area contributed by atoms with Crippen LogP contribution in [0, 0.1) is 5.92 Å². The molecule has 0 aliphatic carbocycles.